The van der Waals surface area contributed by atoms with E-state index in [1.807, 2.05) is 0 Å². The van der Waals surface area contributed by atoms with Crippen molar-refractivity contribution >= 4 is 22.2 Å². The number of hydrogen-bond acceptors (Lipinski definition) is 4. The third-order valence-electron chi connectivity index (χ3n) is 3.74. The number of halogens is 2. The summed E-state index contributed by atoms with van der Waals surface area (Å²) in [4.78, 5) is 11.8. The highest BCUT2D eigenvalue weighted by molar-refractivity contribution is 7.92. The van der Waals surface area contributed by atoms with Crippen LogP contribution in [0.5, 0.6) is 0 Å². The van der Waals surface area contributed by atoms with Gasteiger partial charge in [0.15, 0.2) is 0 Å². The van der Waals surface area contributed by atoms with Gasteiger partial charge in [0.05, 0.1) is 0 Å². The molecule has 0 aliphatic rings. The van der Waals surface area contributed by atoms with Crippen molar-refractivity contribution in [1.29, 1.82) is 0 Å². The molecule has 0 radical (unpaired) electrons. The van der Waals surface area contributed by atoms with Gasteiger partial charge < -0.3 is 10.1 Å². The monoisotopic (exact) mass is 438 g/mol. The molecule has 0 aliphatic heterocycles. The largest absolute Gasteiger partial charge is 0.444 e. The van der Waals surface area contributed by atoms with Gasteiger partial charge in [-0.2, -0.15) is 0 Å². The fourth-order valence-electron chi connectivity index (χ4n) is 2.37. The Morgan fingerprint density at radius 2 is 1.67 bits per heavy atom. The number of benzene rings is 2. The van der Waals surface area contributed by atoms with Crippen molar-refractivity contribution in [2.75, 3.05) is 0 Å². The summed E-state index contributed by atoms with van der Waals surface area (Å²) in [6.07, 6.45) is 0.633. The number of rotatable bonds is 7. The minimum absolute atomic E-state index is 0.0105. The highest BCUT2D eigenvalue weighted by Crippen LogP contribution is 2.15. The van der Waals surface area contributed by atoms with Gasteiger partial charge in [-0.3, -0.25) is 0 Å². The second kappa shape index (κ2) is 9.82. The number of carbonyl (C=O) groups excluding carboxylic acids is 1. The van der Waals surface area contributed by atoms with Crippen LogP contribution in [0.25, 0.3) is 6.08 Å². The number of ether oxygens (including phenoxy) is 1. The first-order valence-electron chi connectivity index (χ1n) is 9.11. The van der Waals surface area contributed by atoms with Gasteiger partial charge in [0.25, 0.3) is 0 Å². The van der Waals surface area contributed by atoms with E-state index in [9.17, 15) is 22.0 Å². The average Bonchev–Trinajstić information content (AvgIpc) is 2.64. The molecule has 2 rings (SSSR count). The van der Waals surface area contributed by atoms with Gasteiger partial charge in [-0.25, -0.2) is 26.7 Å². The van der Waals surface area contributed by atoms with E-state index >= 15 is 0 Å². The van der Waals surface area contributed by atoms with E-state index in [0.717, 1.165) is 5.41 Å². The zero-order valence-corrected chi connectivity index (χ0v) is 17.7. The minimum Gasteiger partial charge on any atom is -0.444 e. The lowest BCUT2D eigenvalue weighted by atomic mass is 10.1. The third kappa shape index (κ3) is 8.30. The molecule has 6 nitrogen and oxygen atoms in total. The van der Waals surface area contributed by atoms with E-state index in [-0.39, 0.29) is 13.1 Å². The number of sulfonamides is 1. The molecule has 2 aromatic carbocycles. The summed E-state index contributed by atoms with van der Waals surface area (Å²) in [5.41, 5.74) is 0.710. The van der Waals surface area contributed by atoms with E-state index in [1.54, 1.807) is 20.8 Å². The van der Waals surface area contributed by atoms with Gasteiger partial charge in [0.2, 0.25) is 10.0 Å². The van der Waals surface area contributed by atoms with Crippen LogP contribution in [0.1, 0.15) is 37.5 Å². The lowest BCUT2D eigenvalue weighted by Crippen LogP contribution is -2.32. The van der Waals surface area contributed by atoms with Crippen LogP contribution in [0.2, 0.25) is 0 Å². The SMILES string of the molecule is CC(C)(C)OC(=O)NCc1cc(F)ccc1/C=C/S(=O)(=O)NCc1ccc(F)cc1. The van der Waals surface area contributed by atoms with Crippen molar-refractivity contribution < 1.29 is 26.7 Å². The average molecular weight is 438 g/mol. The maximum absolute atomic E-state index is 13.6. The number of carbonyl (C=O) groups is 1. The van der Waals surface area contributed by atoms with Gasteiger partial charge in [0.1, 0.15) is 17.2 Å². The molecule has 0 saturated carbocycles. The van der Waals surface area contributed by atoms with Crippen LogP contribution >= 0.6 is 0 Å². The summed E-state index contributed by atoms with van der Waals surface area (Å²) in [5, 5.41) is 3.46. The fraction of sp³-hybridized carbons (Fsp3) is 0.286. The zero-order chi connectivity index (χ0) is 22.4. The number of hydrogen-bond donors (Lipinski definition) is 2. The first-order chi connectivity index (χ1) is 13.9. The molecule has 0 fully saturated rings. The molecule has 0 heterocycles. The first kappa shape index (κ1) is 23.5. The van der Waals surface area contributed by atoms with E-state index in [2.05, 4.69) is 10.0 Å². The van der Waals surface area contributed by atoms with Gasteiger partial charge in [-0.1, -0.05) is 18.2 Å². The Bertz CT molecular complexity index is 1010. The molecule has 0 unspecified atom stereocenters. The molecule has 0 aromatic heterocycles. The summed E-state index contributed by atoms with van der Waals surface area (Å²) in [6, 6.07) is 9.23. The quantitative estimate of drug-likeness (QED) is 0.682. The highest BCUT2D eigenvalue weighted by Gasteiger charge is 2.16. The van der Waals surface area contributed by atoms with Gasteiger partial charge >= 0.3 is 6.09 Å². The summed E-state index contributed by atoms with van der Waals surface area (Å²) < 4.78 is 58.5. The molecule has 2 N–H and O–H groups in total. The molecule has 0 aliphatic carbocycles. The van der Waals surface area contributed by atoms with Crippen LogP contribution in [0.4, 0.5) is 13.6 Å². The second-order valence-electron chi connectivity index (χ2n) is 7.49. The van der Waals surface area contributed by atoms with Crippen LogP contribution in [-0.2, 0) is 27.8 Å². The van der Waals surface area contributed by atoms with E-state index in [0.29, 0.717) is 16.7 Å². The summed E-state index contributed by atoms with van der Waals surface area (Å²) in [6.45, 7) is 5.09. The molecule has 0 bridgehead atoms. The Kier molecular flexibility index (Phi) is 7.69. The van der Waals surface area contributed by atoms with Crippen LogP contribution in [0.15, 0.2) is 47.9 Å². The molecule has 0 atom stereocenters. The van der Waals surface area contributed by atoms with Crippen molar-refractivity contribution in [3.63, 3.8) is 0 Å². The lowest BCUT2D eigenvalue weighted by molar-refractivity contribution is 0.0523. The Labute approximate surface area is 175 Å². The fourth-order valence-corrected chi connectivity index (χ4v) is 3.16. The van der Waals surface area contributed by atoms with Crippen LogP contribution in [0, 0.1) is 11.6 Å². The number of nitrogens with one attached hydrogen (secondary N) is 2. The summed E-state index contributed by atoms with van der Waals surface area (Å²) in [7, 11) is -3.80. The van der Waals surface area contributed by atoms with E-state index in [1.165, 1.54) is 48.5 Å². The van der Waals surface area contributed by atoms with Crippen LogP contribution < -0.4 is 10.0 Å². The van der Waals surface area contributed by atoms with Crippen molar-refractivity contribution in [3.05, 3.63) is 76.2 Å². The van der Waals surface area contributed by atoms with Gasteiger partial charge in [-0.15, -0.1) is 0 Å². The Hall–Kier alpha value is -2.78. The van der Waals surface area contributed by atoms with E-state index in [4.69, 9.17) is 4.74 Å². The smallest absolute Gasteiger partial charge is 0.407 e. The van der Waals surface area contributed by atoms with Gasteiger partial charge in [0, 0.05) is 18.5 Å². The van der Waals surface area contributed by atoms with E-state index < -0.39 is 33.4 Å². The second-order valence-corrected chi connectivity index (χ2v) is 9.14. The van der Waals surface area contributed by atoms with Crippen molar-refractivity contribution in [1.82, 2.24) is 10.0 Å². The first-order valence-corrected chi connectivity index (χ1v) is 10.7. The Morgan fingerprint density at radius 1 is 1.03 bits per heavy atom. The normalized spacial score (nSPS) is 12.2. The van der Waals surface area contributed by atoms with Crippen LogP contribution in [0.3, 0.4) is 0 Å². The molecular formula is C21H24F2N2O4S. The summed E-state index contributed by atoms with van der Waals surface area (Å²) in [5.74, 6) is -0.934. The maximum Gasteiger partial charge on any atom is 0.407 e. The van der Waals surface area contributed by atoms with Crippen molar-refractivity contribution in [3.8, 4) is 0 Å². The molecule has 9 heteroatoms. The highest BCUT2D eigenvalue weighted by atomic mass is 32.2. The van der Waals surface area contributed by atoms with Crippen LogP contribution in [-0.4, -0.2) is 20.1 Å². The molecule has 30 heavy (non-hydrogen) atoms. The standard InChI is InChI=1S/C21H24F2N2O4S/c1-21(2,3)29-20(26)24-14-17-12-19(23)9-6-16(17)10-11-30(27,28)25-13-15-4-7-18(22)8-5-15/h4-12,25H,13-14H2,1-3H3,(H,24,26)/b11-10+. The molecule has 0 spiro atoms. The maximum atomic E-state index is 13.6. The Morgan fingerprint density at radius 3 is 2.30 bits per heavy atom. The van der Waals surface area contributed by atoms with Crippen molar-refractivity contribution in [2.24, 2.45) is 0 Å². The number of alkyl carbamates (subject to hydrolysis) is 1. The molecule has 1 amide bonds. The molecule has 2 aromatic rings. The van der Waals surface area contributed by atoms with Gasteiger partial charge in [-0.05, 0) is 67.8 Å². The third-order valence-corrected chi connectivity index (χ3v) is 4.79. The zero-order valence-electron chi connectivity index (χ0n) is 16.9. The molecule has 0 saturated heterocycles. The minimum atomic E-state index is -3.80. The number of amides is 1. The predicted octanol–water partition coefficient (Wildman–Crippen LogP) is 4.08. The summed E-state index contributed by atoms with van der Waals surface area (Å²) >= 11 is 0. The Balaban J connectivity index is 2.06. The topological polar surface area (TPSA) is 84.5 Å². The van der Waals surface area contributed by atoms with Crippen molar-refractivity contribution in [2.45, 2.75) is 39.5 Å². The molecular weight excluding hydrogens is 414 g/mol. The lowest BCUT2D eigenvalue weighted by Gasteiger charge is -2.20. The molecule has 162 valence electrons. The predicted molar refractivity (Wildman–Crippen MR) is 111 cm³/mol.